The van der Waals surface area contributed by atoms with Crippen LogP contribution >= 0.6 is 11.6 Å². The predicted molar refractivity (Wildman–Crippen MR) is 137 cm³/mol. The number of aryl methyl sites for hydroxylation is 2. The van der Waals surface area contributed by atoms with Gasteiger partial charge in [0.25, 0.3) is 0 Å². The van der Waals surface area contributed by atoms with Crippen LogP contribution in [-0.4, -0.2) is 34.0 Å². The number of nitrogens with zero attached hydrogens (tertiary/aromatic N) is 4. The van der Waals surface area contributed by atoms with Crippen molar-refractivity contribution in [3.63, 3.8) is 0 Å². The second-order valence-electron chi connectivity index (χ2n) is 9.13. The number of aromatic nitrogens is 2. The maximum Gasteiger partial charge on any atom is 0.229 e. The number of rotatable bonds is 6. The Labute approximate surface area is 206 Å². The Morgan fingerprint density at radius 3 is 2.62 bits per heavy atom. The van der Waals surface area contributed by atoms with E-state index >= 15 is 0 Å². The molecule has 0 bridgehead atoms. The summed E-state index contributed by atoms with van der Waals surface area (Å²) in [5, 5.41) is 16.0. The van der Waals surface area contributed by atoms with E-state index in [0.717, 1.165) is 29.8 Å². The molecule has 174 valence electrons. The summed E-state index contributed by atoms with van der Waals surface area (Å²) in [6.45, 7) is 2.53. The van der Waals surface area contributed by atoms with Gasteiger partial charge in [-0.05, 0) is 92.6 Å². The van der Waals surface area contributed by atoms with E-state index < -0.39 is 0 Å². The first-order chi connectivity index (χ1) is 16.7. The molecule has 5 rings (SSSR count). The Kier molecular flexibility index (Phi) is 6.94. The smallest absolute Gasteiger partial charge is 0.229 e. The van der Waals surface area contributed by atoms with Crippen LogP contribution in [0.3, 0.4) is 0 Å². The molecule has 1 aromatic heterocycles. The van der Waals surface area contributed by atoms with Crippen LogP contribution in [0.25, 0.3) is 0 Å². The number of fused-ring (bicyclic) bond motifs is 1. The summed E-state index contributed by atoms with van der Waals surface area (Å²) in [5.74, 6) is 1.01. The first-order valence-electron chi connectivity index (χ1n) is 12.1. The van der Waals surface area contributed by atoms with E-state index in [-0.39, 0.29) is 0 Å². The molecule has 1 atom stereocenters. The fraction of sp³-hybridized carbons (Fsp3) is 0.370. The number of hydrogen-bond acceptors (Lipinski definition) is 6. The molecule has 34 heavy (non-hydrogen) atoms. The molecule has 2 heterocycles. The van der Waals surface area contributed by atoms with Crippen molar-refractivity contribution in [2.24, 2.45) is 0 Å². The van der Waals surface area contributed by atoms with E-state index in [1.165, 1.54) is 49.9 Å². The zero-order chi connectivity index (χ0) is 23.3. The summed E-state index contributed by atoms with van der Waals surface area (Å²) in [7, 11) is 0. The first kappa shape index (κ1) is 22.6. The molecule has 0 radical (unpaired) electrons. The lowest BCUT2D eigenvalue weighted by atomic mass is 10.0. The average Bonchev–Trinajstić information content (AvgIpc) is 3.29. The summed E-state index contributed by atoms with van der Waals surface area (Å²) >= 11 is 6.36. The van der Waals surface area contributed by atoms with Crippen molar-refractivity contribution in [1.82, 2.24) is 14.9 Å². The van der Waals surface area contributed by atoms with Crippen molar-refractivity contribution >= 4 is 34.7 Å². The Hall–Kier alpha value is -3.14. The first-order valence-corrected chi connectivity index (χ1v) is 12.4. The number of nitriles is 1. The third-order valence-electron chi connectivity index (χ3n) is 6.83. The lowest BCUT2D eigenvalue weighted by Crippen LogP contribution is -2.32. The molecule has 0 spiro atoms. The summed E-state index contributed by atoms with van der Waals surface area (Å²) in [4.78, 5) is 11.7. The number of halogens is 1. The molecule has 2 aromatic carbocycles. The molecule has 2 aliphatic rings. The highest BCUT2D eigenvalue weighted by molar-refractivity contribution is 6.32. The molecular weight excluding hydrogens is 444 g/mol. The lowest BCUT2D eigenvalue weighted by molar-refractivity contribution is 0.222. The van der Waals surface area contributed by atoms with E-state index in [1.807, 2.05) is 24.3 Å². The Morgan fingerprint density at radius 2 is 1.79 bits per heavy atom. The number of likely N-dealkylation sites (tertiary alicyclic amines) is 1. The molecule has 2 N–H and O–H groups in total. The van der Waals surface area contributed by atoms with Crippen LogP contribution in [0.2, 0.25) is 5.02 Å². The highest BCUT2D eigenvalue weighted by Crippen LogP contribution is 2.30. The van der Waals surface area contributed by atoms with Crippen molar-refractivity contribution in [2.45, 2.75) is 51.0 Å². The number of nitrogens with one attached hydrogen (secondary N) is 2. The second-order valence-corrected chi connectivity index (χ2v) is 9.54. The highest BCUT2D eigenvalue weighted by atomic mass is 35.5. The minimum absolute atomic E-state index is 0.358. The quantitative estimate of drug-likeness (QED) is 0.427. The van der Waals surface area contributed by atoms with Crippen LogP contribution in [0.4, 0.5) is 23.1 Å². The standard InChI is InChI=1S/C27H29ClN6/c28-25-18-30-27(33-26(25)31-22-5-3-4-19(16-22)12-13-29)32-23-9-6-20-7-10-24(11-8-21(20)17-23)34-14-1-2-15-34/h3-6,9,16-18,24H,1-2,7-8,10-12,14-15H2,(H2,30,31,32,33)/t24-/m0/s1. The van der Waals surface area contributed by atoms with Crippen molar-refractivity contribution in [1.29, 1.82) is 5.26 Å². The maximum absolute atomic E-state index is 8.95. The van der Waals surface area contributed by atoms with Gasteiger partial charge < -0.3 is 15.5 Å². The molecular formula is C27H29ClN6. The van der Waals surface area contributed by atoms with Crippen LogP contribution in [0.1, 0.15) is 42.4 Å². The summed E-state index contributed by atoms with van der Waals surface area (Å²) in [6.07, 6.45) is 9.39. The van der Waals surface area contributed by atoms with Crippen molar-refractivity contribution in [2.75, 3.05) is 23.7 Å². The third kappa shape index (κ3) is 5.32. The van der Waals surface area contributed by atoms with Crippen LogP contribution < -0.4 is 10.6 Å². The van der Waals surface area contributed by atoms with Crippen LogP contribution in [0.15, 0.2) is 48.7 Å². The highest BCUT2D eigenvalue weighted by Gasteiger charge is 2.24. The zero-order valence-corrected chi connectivity index (χ0v) is 20.0. The van der Waals surface area contributed by atoms with Gasteiger partial charge in [-0.2, -0.15) is 10.2 Å². The molecule has 1 aliphatic carbocycles. The topological polar surface area (TPSA) is 76.9 Å². The Bertz CT molecular complexity index is 1200. The SMILES string of the molecule is N#CCc1cccc(Nc2nc(Nc3ccc4c(c3)CC[C@@H](N3CCCC3)CC4)ncc2Cl)c1. The van der Waals surface area contributed by atoms with Gasteiger partial charge in [-0.1, -0.05) is 29.8 Å². The van der Waals surface area contributed by atoms with Gasteiger partial charge in [0.15, 0.2) is 5.82 Å². The number of hydrogen-bond donors (Lipinski definition) is 2. The van der Waals surface area contributed by atoms with Crippen LogP contribution in [0, 0.1) is 11.3 Å². The molecule has 1 saturated heterocycles. The molecule has 3 aromatic rings. The van der Waals surface area contributed by atoms with E-state index in [9.17, 15) is 0 Å². The van der Waals surface area contributed by atoms with Gasteiger partial charge in [0.05, 0.1) is 18.7 Å². The van der Waals surface area contributed by atoms with E-state index in [0.29, 0.717) is 29.3 Å². The van der Waals surface area contributed by atoms with Gasteiger partial charge in [-0.15, -0.1) is 0 Å². The summed E-state index contributed by atoms with van der Waals surface area (Å²) < 4.78 is 0. The average molecular weight is 473 g/mol. The number of anilines is 4. The molecule has 6 nitrogen and oxygen atoms in total. The van der Waals surface area contributed by atoms with E-state index in [1.54, 1.807) is 6.20 Å². The normalized spacial score (nSPS) is 18.1. The fourth-order valence-electron chi connectivity index (χ4n) is 5.07. The molecule has 0 saturated carbocycles. The Balaban J connectivity index is 1.29. The minimum Gasteiger partial charge on any atom is -0.339 e. The second kappa shape index (κ2) is 10.4. The fourth-order valence-corrected chi connectivity index (χ4v) is 5.21. The molecule has 1 fully saturated rings. The molecule has 1 aliphatic heterocycles. The van der Waals surface area contributed by atoms with Crippen molar-refractivity contribution < 1.29 is 0 Å². The third-order valence-corrected chi connectivity index (χ3v) is 7.11. The Morgan fingerprint density at radius 1 is 1.00 bits per heavy atom. The minimum atomic E-state index is 0.358. The molecule has 0 amide bonds. The predicted octanol–water partition coefficient (Wildman–Crippen LogP) is 6.03. The monoisotopic (exact) mass is 472 g/mol. The molecule has 7 heteroatoms. The van der Waals surface area contributed by atoms with Gasteiger partial charge in [0.2, 0.25) is 5.95 Å². The van der Waals surface area contributed by atoms with Crippen LogP contribution in [0.5, 0.6) is 0 Å². The van der Waals surface area contributed by atoms with Gasteiger partial charge in [-0.3, -0.25) is 0 Å². The lowest BCUT2D eigenvalue weighted by Gasteiger charge is -2.25. The summed E-state index contributed by atoms with van der Waals surface area (Å²) in [5.41, 5.74) is 5.64. The number of benzene rings is 2. The van der Waals surface area contributed by atoms with E-state index in [2.05, 4.69) is 49.8 Å². The van der Waals surface area contributed by atoms with Crippen molar-refractivity contribution in [3.8, 4) is 6.07 Å². The van der Waals surface area contributed by atoms with Gasteiger partial charge in [-0.25, -0.2) is 4.98 Å². The summed E-state index contributed by atoms with van der Waals surface area (Å²) in [6, 6.07) is 17.2. The largest absolute Gasteiger partial charge is 0.339 e. The molecule has 0 unspecified atom stereocenters. The van der Waals surface area contributed by atoms with Gasteiger partial charge in [0.1, 0.15) is 5.02 Å². The van der Waals surface area contributed by atoms with E-state index in [4.69, 9.17) is 16.9 Å². The maximum atomic E-state index is 8.95. The van der Waals surface area contributed by atoms with Crippen LogP contribution in [-0.2, 0) is 19.3 Å². The van der Waals surface area contributed by atoms with Crippen molar-refractivity contribution in [3.05, 3.63) is 70.4 Å². The zero-order valence-electron chi connectivity index (χ0n) is 19.2. The van der Waals surface area contributed by atoms with Gasteiger partial charge >= 0.3 is 0 Å². The van der Waals surface area contributed by atoms with Gasteiger partial charge in [0, 0.05) is 17.4 Å².